The number of carbonyl (C=O) groups excluding carboxylic acids is 2. The predicted molar refractivity (Wildman–Crippen MR) is 150 cm³/mol. The number of nitrogens with zero attached hydrogens (tertiary/aromatic N) is 2. The molecule has 0 spiro atoms. The van der Waals surface area contributed by atoms with E-state index in [2.05, 4.69) is 5.32 Å². The molecule has 5 rings (SSSR count). The van der Waals surface area contributed by atoms with Gasteiger partial charge in [0.1, 0.15) is 16.7 Å². The Hall–Kier alpha value is -4.18. The second-order valence-corrected chi connectivity index (χ2v) is 9.92. The molecule has 2 heterocycles. The first-order chi connectivity index (χ1) is 19.0. The zero-order valence-electron chi connectivity index (χ0n) is 21.7. The van der Waals surface area contributed by atoms with Gasteiger partial charge in [-0.3, -0.25) is 14.5 Å². The predicted octanol–water partition coefficient (Wildman–Crippen LogP) is 5.37. The van der Waals surface area contributed by atoms with Crippen molar-refractivity contribution in [2.24, 2.45) is 4.99 Å². The molecular formula is C29H29N3O6S. The van der Waals surface area contributed by atoms with Crippen LogP contribution in [0.1, 0.15) is 25.8 Å². The van der Waals surface area contributed by atoms with Crippen LogP contribution in [-0.4, -0.2) is 47.1 Å². The van der Waals surface area contributed by atoms with Crippen LogP contribution in [-0.2, 0) is 16.1 Å². The van der Waals surface area contributed by atoms with Crippen molar-refractivity contribution in [1.82, 2.24) is 4.90 Å². The highest BCUT2D eigenvalue weighted by molar-refractivity contribution is 8.15. The lowest BCUT2D eigenvalue weighted by Gasteiger charge is -2.17. The van der Waals surface area contributed by atoms with Gasteiger partial charge in [-0.05, 0) is 80.1 Å². The summed E-state index contributed by atoms with van der Waals surface area (Å²) in [4.78, 5) is 32.8. The summed E-state index contributed by atoms with van der Waals surface area (Å²) in [5.74, 6) is 2.36. The number of fused-ring (bicyclic) bond motifs is 1. The maximum atomic E-state index is 13.5. The number of rotatable bonds is 10. The molecule has 1 saturated heterocycles. The Labute approximate surface area is 231 Å². The van der Waals surface area contributed by atoms with Crippen LogP contribution >= 0.6 is 11.8 Å². The van der Waals surface area contributed by atoms with Gasteiger partial charge in [0.05, 0.1) is 25.4 Å². The Balaban J connectivity index is 1.33. The smallest absolute Gasteiger partial charge is 0.242 e. The van der Waals surface area contributed by atoms with Crippen molar-refractivity contribution < 1.29 is 28.5 Å². The number of benzene rings is 3. The van der Waals surface area contributed by atoms with E-state index < -0.39 is 5.25 Å². The zero-order valence-corrected chi connectivity index (χ0v) is 22.5. The second-order valence-electron chi connectivity index (χ2n) is 8.75. The molecule has 2 aliphatic heterocycles. The Bertz CT molecular complexity index is 1360. The van der Waals surface area contributed by atoms with Crippen LogP contribution in [0.4, 0.5) is 11.4 Å². The largest absolute Gasteiger partial charge is 0.494 e. The number of ether oxygens (including phenoxy) is 4. The fraction of sp³-hybridized carbons (Fsp3) is 0.276. The number of anilines is 1. The highest BCUT2D eigenvalue weighted by Crippen LogP contribution is 2.36. The van der Waals surface area contributed by atoms with Crippen molar-refractivity contribution in [3.8, 4) is 23.0 Å². The van der Waals surface area contributed by atoms with Gasteiger partial charge in [0.15, 0.2) is 16.7 Å². The SMILES string of the molecule is CCOc1ccc(N=C2SC(CC(=O)Nc3ccc(OCC)cc3)C(=O)N2Cc2ccc3c(c2)OCO3)cc1. The Kier molecular flexibility index (Phi) is 8.21. The number of nitrogens with one attached hydrogen (secondary N) is 1. The molecule has 0 aliphatic carbocycles. The molecule has 1 N–H and O–H groups in total. The summed E-state index contributed by atoms with van der Waals surface area (Å²) in [6.07, 6.45) is 0.0106. The molecule has 1 atom stereocenters. The molecule has 3 aromatic carbocycles. The fourth-order valence-corrected chi connectivity index (χ4v) is 5.33. The monoisotopic (exact) mass is 547 g/mol. The van der Waals surface area contributed by atoms with E-state index in [4.69, 9.17) is 23.9 Å². The topological polar surface area (TPSA) is 98.7 Å². The molecular weight excluding hydrogens is 518 g/mol. The molecule has 3 aromatic rings. The van der Waals surface area contributed by atoms with E-state index in [0.717, 1.165) is 17.1 Å². The summed E-state index contributed by atoms with van der Waals surface area (Å²) < 4.78 is 21.9. The zero-order chi connectivity index (χ0) is 27.2. The van der Waals surface area contributed by atoms with Crippen LogP contribution in [0.2, 0.25) is 0 Å². The first kappa shape index (κ1) is 26.4. The van der Waals surface area contributed by atoms with Gasteiger partial charge in [-0.15, -0.1) is 0 Å². The van der Waals surface area contributed by atoms with E-state index in [-0.39, 0.29) is 31.6 Å². The average Bonchev–Trinajstić information content (AvgIpc) is 3.51. The van der Waals surface area contributed by atoms with Crippen LogP contribution in [0.3, 0.4) is 0 Å². The molecule has 202 valence electrons. The Morgan fingerprint density at radius 1 is 0.974 bits per heavy atom. The molecule has 0 bridgehead atoms. The molecule has 0 aromatic heterocycles. The van der Waals surface area contributed by atoms with Gasteiger partial charge >= 0.3 is 0 Å². The second kappa shape index (κ2) is 12.1. The van der Waals surface area contributed by atoms with Crippen LogP contribution in [0.5, 0.6) is 23.0 Å². The number of amidine groups is 1. The summed E-state index contributed by atoms with van der Waals surface area (Å²) in [6.45, 7) is 5.44. The summed E-state index contributed by atoms with van der Waals surface area (Å²) in [6, 6.07) is 20.1. The quantitative estimate of drug-likeness (QED) is 0.364. The van der Waals surface area contributed by atoms with Gasteiger partial charge in [-0.1, -0.05) is 17.8 Å². The van der Waals surface area contributed by atoms with Crippen molar-refractivity contribution in [1.29, 1.82) is 0 Å². The minimum absolute atomic E-state index is 0.0106. The maximum absolute atomic E-state index is 13.5. The van der Waals surface area contributed by atoms with Gasteiger partial charge in [-0.2, -0.15) is 0 Å². The molecule has 2 aliphatic rings. The van der Waals surface area contributed by atoms with Crippen molar-refractivity contribution in [2.75, 3.05) is 25.3 Å². The number of hydrogen-bond donors (Lipinski definition) is 1. The first-order valence-corrected chi connectivity index (χ1v) is 13.6. The molecule has 9 nitrogen and oxygen atoms in total. The van der Waals surface area contributed by atoms with Crippen molar-refractivity contribution in [3.63, 3.8) is 0 Å². The minimum Gasteiger partial charge on any atom is -0.494 e. The van der Waals surface area contributed by atoms with Crippen LogP contribution in [0.25, 0.3) is 0 Å². The third-order valence-corrected chi connectivity index (χ3v) is 7.17. The van der Waals surface area contributed by atoms with E-state index >= 15 is 0 Å². The lowest BCUT2D eigenvalue weighted by molar-refractivity contribution is -0.128. The third-order valence-electron chi connectivity index (χ3n) is 5.99. The summed E-state index contributed by atoms with van der Waals surface area (Å²) in [5, 5.41) is 2.79. The summed E-state index contributed by atoms with van der Waals surface area (Å²) >= 11 is 1.29. The maximum Gasteiger partial charge on any atom is 0.242 e. The molecule has 2 amide bonds. The normalized spacial score (nSPS) is 17.0. The molecule has 0 radical (unpaired) electrons. The molecule has 1 unspecified atom stereocenters. The van der Waals surface area contributed by atoms with E-state index in [1.807, 2.05) is 56.3 Å². The number of amides is 2. The van der Waals surface area contributed by atoms with E-state index in [1.54, 1.807) is 29.2 Å². The highest BCUT2D eigenvalue weighted by atomic mass is 32.2. The van der Waals surface area contributed by atoms with Crippen molar-refractivity contribution in [3.05, 3.63) is 72.3 Å². The van der Waals surface area contributed by atoms with Crippen molar-refractivity contribution in [2.45, 2.75) is 32.1 Å². The first-order valence-electron chi connectivity index (χ1n) is 12.7. The number of carbonyl (C=O) groups is 2. The summed E-state index contributed by atoms with van der Waals surface area (Å²) in [5.41, 5.74) is 2.19. The lowest BCUT2D eigenvalue weighted by atomic mass is 10.1. The van der Waals surface area contributed by atoms with Gasteiger partial charge in [0.25, 0.3) is 0 Å². The standard InChI is InChI=1S/C29H29N3O6S/c1-3-35-22-10-6-20(7-11-22)30-27(33)16-26-28(34)32(17-19-5-14-24-25(15-19)38-18-37-24)29(39-26)31-21-8-12-23(13-9-21)36-4-2/h5-15,26H,3-4,16-18H2,1-2H3,(H,30,33). The van der Waals surface area contributed by atoms with Crippen molar-refractivity contribution >= 4 is 40.1 Å². The Morgan fingerprint density at radius 2 is 1.64 bits per heavy atom. The average molecular weight is 548 g/mol. The lowest BCUT2D eigenvalue weighted by Crippen LogP contribution is -2.33. The molecule has 0 saturated carbocycles. The van der Waals surface area contributed by atoms with Gasteiger partial charge in [-0.25, -0.2) is 4.99 Å². The van der Waals surface area contributed by atoms with E-state index in [0.29, 0.717) is 41.3 Å². The molecule has 39 heavy (non-hydrogen) atoms. The van der Waals surface area contributed by atoms with E-state index in [9.17, 15) is 9.59 Å². The minimum atomic E-state index is -0.608. The number of thioether (sulfide) groups is 1. The van der Waals surface area contributed by atoms with E-state index in [1.165, 1.54) is 11.8 Å². The molecule has 10 heteroatoms. The molecule has 1 fully saturated rings. The van der Waals surface area contributed by atoms with Gasteiger partial charge in [0, 0.05) is 12.1 Å². The van der Waals surface area contributed by atoms with Crippen LogP contribution < -0.4 is 24.3 Å². The van der Waals surface area contributed by atoms with Gasteiger partial charge in [0.2, 0.25) is 18.6 Å². The van der Waals surface area contributed by atoms with Crippen LogP contribution in [0.15, 0.2) is 71.7 Å². The Morgan fingerprint density at radius 3 is 2.33 bits per heavy atom. The fourth-order valence-electron chi connectivity index (χ4n) is 4.17. The highest BCUT2D eigenvalue weighted by Gasteiger charge is 2.39. The number of aliphatic imine (C=N–C) groups is 1. The van der Waals surface area contributed by atoms with Crippen LogP contribution in [0, 0.1) is 0 Å². The number of hydrogen-bond acceptors (Lipinski definition) is 8. The van der Waals surface area contributed by atoms with Gasteiger partial charge < -0.3 is 24.3 Å². The third kappa shape index (κ3) is 6.46. The summed E-state index contributed by atoms with van der Waals surface area (Å²) in [7, 11) is 0.